The second-order valence-corrected chi connectivity index (χ2v) is 7.24. The summed E-state index contributed by atoms with van der Waals surface area (Å²) in [4.78, 5) is 15.6. The average molecular weight is 517 g/mol. The van der Waals surface area contributed by atoms with Gasteiger partial charge >= 0.3 is 5.82 Å². The van der Waals surface area contributed by atoms with Crippen LogP contribution in [0.1, 0.15) is 38.8 Å². The molecule has 0 fully saturated rings. The molecule has 0 aliphatic heterocycles. The van der Waals surface area contributed by atoms with E-state index >= 15 is 0 Å². The molecule has 0 heterocycles. The van der Waals surface area contributed by atoms with E-state index in [-0.39, 0.29) is 39.5 Å². The molecule has 186 valence electrons. The molecule has 2 rings (SSSR count). The van der Waals surface area contributed by atoms with Crippen molar-refractivity contribution < 1.29 is 26.7 Å². The SMILES string of the molecule is [C-]#[N+]C(N=Cc1ccc(N(CC)CC)cc1O)=C(C#N)N=Cc1ccc(N(CC)CC)cc1O.[Ni]. The van der Waals surface area contributed by atoms with Crippen LogP contribution in [0.2, 0.25) is 0 Å². The number of allylic oxidation sites excluding steroid dienone is 1. The van der Waals surface area contributed by atoms with Gasteiger partial charge in [-0.05, 0) is 52.0 Å². The number of phenolic OH excluding ortho intramolecular Hbond substituents is 2. The molecular formula is C26H30N6NiO2. The fourth-order valence-corrected chi connectivity index (χ4v) is 3.40. The first-order valence-electron chi connectivity index (χ1n) is 11.2. The number of nitrogens with zero attached hydrogens (tertiary/aromatic N) is 6. The molecule has 2 N–H and O–H groups in total. The third-order valence-corrected chi connectivity index (χ3v) is 5.37. The average Bonchev–Trinajstić information content (AvgIpc) is 2.84. The molecule has 0 bridgehead atoms. The first kappa shape index (κ1) is 29.2. The van der Waals surface area contributed by atoms with Gasteiger partial charge < -0.3 is 24.9 Å². The molecule has 0 spiro atoms. The van der Waals surface area contributed by atoms with Gasteiger partial charge in [0.25, 0.3) is 0 Å². The van der Waals surface area contributed by atoms with Gasteiger partial charge in [0.05, 0.1) is 5.56 Å². The van der Waals surface area contributed by atoms with Gasteiger partial charge in [-0.2, -0.15) is 5.26 Å². The Bertz CT molecular complexity index is 1080. The first-order chi connectivity index (χ1) is 16.4. The van der Waals surface area contributed by atoms with Crippen molar-refractivity contribution in [2.24, 2.45) is 9.98 Å². The minimum Gasteiger partial charge on any atom is -0.507 e. The normalized spacial score (nSPS) is 11.5. The van der Waals surface area contributed by atoms with E-state index in [9.17, 15) is 15.5 Å². The largest absolute Gasteiger partial charge is 0.507 e. The van der Waals surface area contributed by atoms with Crippen LogP contribution in [0, 0.1) is 17.9 Å². The zero-order valence-corrected chi connectivity index (χ0v) is 21.3. The topological polar surface area (TPSA) is 99.8 Å². The monoisotopic (exact) mass is 516 g/mol. The third-order valence-electron chi connectivity index (χ3n) is 5.37. The molecule has 0 saturated heterocycles. The number of hydrogen-bond acceptors (Lipinski definition) is 7. The van der Waals surface area contributed by atoms with Crippen molar-refractivity contribution >= 4 is 23.8 Å². The fraction of sp³-hybridized carbons (Fsp3) is 0.308. The molecule has 0 aromatic heterocycles. The zero-order valence-electron chi connectivity index (χ0n) is 20.3. The molecule has 2 aromatic carbocycles. The van der Waals surface area contributed by atoms with Crippen molar-refractivity contribution in [3.63, 3.8) is 0 Å². The van der Waals surface area contributed by atoms with Crippen molar-refractivity contribution in [3.05, 3.63) is 70.5 Å². The molecule has 0 aliphatic carbocycles. The summed E-state index contributed by atoms with van der Waals surface area (Å²) < 4.78 is 0. The smallest absolute Gasteiger partial charge is 0.306 e. The number of aromatic hydroxyl groups is 2. The van der Waals surface area contributed by atoms with E-state index in [1.165, 1.54) is 12.4 Å². The van der Waals surface area contributed by atoms with E-state index in [4.69, 9.17) is 6.57 Å². The molecule has 9 heteroatoms. The van der Waals surface area contributed by atoms with E-state index in [0.717, 1.165) is 37.6 Å². The summed E-state index contributed by atoms with van der Waals surface area (Å²) >= 11 is 0. The van der Waals surface area contributed by atoms with Gasteiger partial charge in [-0.25, -0.2) is 0 Å². The number of rotatable bonds is 10. The predicted molar refractivity (Wildman–Crippen MR) is 138 cm³/mol. The summed E-state index contributed by atoms with van der Waals surface area (Å²) in [6, 6.07) is 12.3. The molecule has 2 aromatic rings. The molecule has 0 aliphatic rings. The second kappa shape index (κ2) is 14.5. The van der Waals surface area contributed by atoms with Gasteiger partial charge in [-0.1, -0.05) is 6.57 Å². The Morgan fingerprint density at radius 2 is 1.31 bits per heavy atom. The Kier molecular flexibility index (Phi) is 12.1. The van der Waals surface area contributed by atoms with Crippen LogP contribution in [-0.4, -0.2) is 48.8 Å². The predicted octanol–water partition coefficient (Wildman–Crippen LogP) is 4.94. The van der Waals surface area contributed by atoms with Crippen LogP contribution < -0.4 is 9.80 Å². The summed E-state index contributed by atoms with van der Waals surface area (Å²) in [5.74, 6) is -0.167. The third kappa shape index (κ3) is 7.60. The van der Waals surface area contributed by atoms with Crippen LogP contribution in [0.25, 0.3) is 4.85 Å². The van der Waals surface area contributed by atoms with Gasteiger partial charge in [0.1, 0.15) is 23.8 Å². The number of hydrogen-bond donors (Lipinski definition) is 2. The van der Waals surface area contributed by atoms with E-state index in [2.05, 4.69) is 24.6 Å². The summed E-state index contributed by atoms with van der Waals surface area (Å²) in [5.41, 5.74) is 2.41. The van der Waals surface area contributed by atoms with E-state index in [0.29, 0.717) is 11.1 Å². The molecule has 35 heavy (non-hydrogen) atoms. The van der Waals surface area contributed by atoms with Crippen molar-refractivity contribution in [2.45, 2.75) is 27.7 Å². The van der Waals surface area contributed by atoms with E-state index in [1.54, 1.807) is 24.3 Å². The maximum absolute atomic E-state index is 10.4. The van der Waals surface area contributed by atoms with Crippen molar-refractivity contribution in [3.8, 4) is 17.6 Å². The van der Waals surface area contributed by atoms with E-state index in [1.807, 2.05) is 45.9 Å². The second-order valence-electron chi connectivity index (χ2n) is 7.24. The minimum absolute atomic E-state index is 0. The minimum atomic E-state index is -0.217. The van der Waals surface area contributed by atoms with Gasteiger partial charge in [0.2, 0.25) is 0 Å². The van der Waals surface area contributed by atoms with Gasteiger partial charge in [0.15, 0.2) is 5.70 Å². The quantitative estimate of drug-likeness (QED) is 0.201. The van der Waals surface area contributed by atoms with Gasteiger partial charge in [-0.15, -0.1) is 4.99 Å². The van der Waals surface area contributed by atoms with Crippen molar-refractivity contribution in [1.29, 1.82) is 5.26 Å². The Hall–Kier alpha value is -3.81. The molecule has 0 amide bonds. The Balaban J connectivity index is 0.00000612. The Labute approximate surface area is 217 Å². The first-order valence-corrected chi connectivity index (χ1v) is 11.2. The zero-order chi connectivity index (χ0) is 25.1. The summed E-state index contributed by atoms with van der Waals surface area (Å²) in [6.07, 6.45) is 2.66. The van der Waals surface area contributed by atoms with Crippen LogP contribution in [0.5, 0.6) is 11.5 Å². The fourth-order valence-electron chi connectivity index (χ4n) is 3.40. The van der Waals surface area contributed by atoms with Crippen LogP contribution >= 0.6 is 0 Å². The number of anilines is 2. The molecule has 0 atom stereocenters. The molecule has 8 nitrogen and oxygen atoms in total. The van der Waals surface area contributed by atoms with Crippen LogP contribution in [-0.2, 0) is 16.5 Å². The standard InChI is InChI=1S/C26H30N6O2.Ni/c1-6-31(7-2)21-12-10-19(24(33)14-21)17-29-23(16-27)26(28-5)30-18-20-11-13-22(15-25(20)34)32(8-3)9-4;/h10-15,17-18,33-34H,6-9H2,1-4H3;. The molecule has 0 saturated carbocycles. The number of aliphatic imine (C=N–C) groups is 2. The summed E-state index contributed by atoms with van der Waals surface area (Å²) in [5, 5.41) is 30.2. The molecule has 0 radical (unpaired) electrons. The molecule has 0 unspecified atom stereocenters. The summed E-state index contributed by atoms with van der Waals surface area (Å²) in [7, 11) is 0. The van der Waals surface area contributed by atoms with Crippen molar-refractivity contribution in [2.75, 3.05) is 36.0 Å². The van der Waals surface area contributed by atoms with Gasteiger partial charge in [0, 0.05) is 78.0 Å². The van der Waals surface area contributed by atoms with E-state index < -0.39 is 0 Å². The van der Waals surface area contributed by atoms with Crippen LogP contribution in [0.4, 0.5) is 11.4 Å². The summed E-state index contributed by atoms with van der Waals surface area (Å²) in [6.45, 7) is 18.8. The van der Waals surface area contributed by atoms with Crippen LogP contribution in [0.15, 0.2) is 57.9 Å². The number of benzene rings is 2. The maximum atomic E-state index is 10.4. The van der Waals surface area contributed by atoms with Crippen molar-refractivity contribution in [1.82, 2.24) is 0 Å². The number of phenols is 2. The van der Waals surface area contributed by atoms with Gasteiger partial charge in [-0.3, -0.25) is 4.99 Å². The number of nitriles is 1. The molecular weight excluding hydrogens is 487 g/mol. The maximum Gasteiger partial charge on any atom is 0.306 e. The Morgan fingerprint density at radius 1 is 0.886 bits per heavy atom. The Morgan fingerprint density at radius 3 is 1.66 bits per heavy atom. The van der Waals surface area contributed by atoms with Crippen LogP contribution in [0.3, 0.4) is 0 Å².